The summed E-state index contributed by atoms with van der Waals surface area (Å²) in [5.41, 5.74) is 3.53. The van der Waals surface area contributed by atoms with Crippen LogP contribution in [-0.4, -0.2) is 15.0 Å². The second-order valence-corrected chi connectivity index (χ2v) is 8.54. The Hall–Kier alpha value is -3.45. The van der Waals surface area contributed by atoms with E-state index in [0.717, 1.165) is 16.7 Å². The molecule has 158 valence electrons. The van der Waals surface area contributed by atoms with E-state index >= 15 is 0 Å². The van der Waals surface area contributed by atoms with Crippen LogP contribution < -0.4 is 16.6 Å². The Morgan fingerprint density at radius 2 is 1.68 bits per heavy atom. The Bertz CT molecular complexity index is 1350. The summed E-state index contributed by atoms with van der Waals surface area (Å²) in [5.74, 6) is -0.312. The summed E-state index contributed by atoms with van der Waals surface area (Å²) in [7, 11) is 0. The second kappa shape index (κ2) is 8.73. The number of aromatic nitrogens is 2. The second-order valence-electron chi connectivity index (χ2n) is 7.62. The molecule has 4 rings (SSSR count). The number of carbonyl (C=O) groups is 1. The molecular formula is C24H23N3O3S. The highest BCUT2D eigenvalue weighted by Gasteiger charge is 2.16. The van der Waals surface area contributed by atoms with Gasteiger partial charge in [0, 0.05) is 12.2 Å². The Balaban J connectivity index is 1.65. The van der Waals surface area contributed by atoms with E-state index in [1.54, 1.807) is 11.4 Å². The summed E-state index contributed by atoms with van der Waals surface area (Å²) in [6.45, 7) is 4.02. The number of hydrogen-bond donors (Lipinski definition) is 1. The first-order valence-corrected chi connectivity index (χ1v) is 10.9. The van der Waals surface area contributed by atoms with Crippen LogP contribution in [0.1, 0.15) is 16.7 Å². The zero-order chi connectivity index (χ0) is 22.0. The number of nitrogens with zero attached hydrogens (tertiary/aromatic N) is 2. The number of rotatable bonds is 6. The van der Waals surface area contributed by atoms with Gasteiger partial charge in [0.05, 0.1) is 5.52 Å². The van der Waals surface area contributed by atoms with Gasteiger partial charge in [-0.25, -0.2) is 4.79 Å². The molecular weight excluding hydrogens is 410 g/mol. The van der Waals surface area contributed by atoms with Crippen molar-refractivity contribution in [1.29, 1.82) is 0 Å². The molecule has 0 aliphatic rings. The van der Waals surface area contributed by atoms with Crippen molar-refractivity contribution in [3.05, 3.63) is 97.5 Å². The molecule has 1 amide bonds. The molecule has 0 atom stereocenters. The molecule has 1 N–H and O–H groups in total. The van der Waals surface area contributed by atoms with Crippen LogP contribution in [0, 0.1) is 13.8 Å². The fourth-order valence-electron chi connectivity index (χ4n) is 3.76. The number of thiophene rings is 1. The van der Waals surface area contributed by atoms with Crippen molar-refractivity contribution in [1.82, 2.24) is 9.13 Å². The van der Waals surface area contributed by atoms with E-state index in [4.69, 9.17) is 0 Å². The van der Waals surface area contributed by atoms with Gasteiger partial charge in [0.15, 0.2) is 0 Å². The average Bonchev–Trinajstić information content (AvgIpc) is 3.21. The van der Waals surface area contributed by atoms with Gasteiger partial charge in [-0.15, -0.1) is 11.3 Å². The first-order chi connectivity index (χ1) is 14.9. The van der Waals surface area contributed by atoms with Gasteiger partial charge in [0.25, 0.3) is 5.56 Å². The molecule has 2 heterocycles. The van der Waals surface area contributed by atoms with Crippen LogP contribution in [0.25, 0.3) is 10.2 Å². The van der Waals surface area contributed by atoms with Gasteiger partial charge in [-0.2, -0.15) is 0 Å². The topological polar surface area (TPSA) is 73.1 Å². The molecule has 0 spiro atoms. The van der Waals surface area contributed by atoms with Gasteiger partial charge in [-0.1, -0.05) is 36.4 Å². The molecule has 0 fully saturated rings. The maximum absolute atomic E-state index is 13.2. The number of aryl methyl sites for hydroxylation is 3. The number of benzene rings is 2. The van der Waals surface area contributed by atoms with E-state index in [2.05, 4.69) is 5.32 Å². The predicted octanol–water partition coefficient (Wildman–Crippen LogP) is 3.72. The molecule has 4 aromatic rings. The van der Waals surface area contributed by atoms with Gasteiger partial charge in [0.2, 0.25) is 5.91 Å². The highest BCUT2D eigenvalue weighted by molar-refractivity contribution is 7.17. The van der Waals surface area contributed by atoms with Gasteiger partial charge >= 0.3 is 5.69 Å². The third kappa shape index (κ3) is 4.51. The smallest absolute Gasteiger partial charge is 0.325 e. The van der Waals surface area contributed by atoms with Gasteiger partial charge < -0.3 is 5.32 Å². The number of fused-ring (bicyclic) bond motifs is 1. The minimum Gasteiger partial charge on any atom is -0.325 e. The van der Waals surface area contributed by atoms with E-state index in [-0.39, 0.29) is 24.6 Å². The molecule has 0 bridgehead atoms. The summed E-state index contributed by atoms with van der Waals surface area (Å²) in [6.07, 6.45) is 0.557. The molecule has 0 saturated heterocycles. The lowest BCUT2D eigenvalue weighted by Crippen LogP contribution is -2.41. The molecule has 0 aliphatic heterocycles. The molecule has 6 nitrogen and oxygen atoms in total. The highest BCUT2D eigenvalue weighted by Crippen LogP contribution is 2.17. The van der Waals surface area contributed by atoms with Crippen molar-refractivity contribution in [3.63, 3.8) is 0 Å². The fraction of sp³-hybridized carbons (Fsp3) is 0.208. The van der Waals surface area contributed by atoms with Crippen LogP contribution in [0.15, 0.2) is 69.6 Å². The summed E-state index contributed by atoms with van der Waals surface area (Å²) < 4.78 is 3.10. The first kappa shape index (κ1) is 20.8. The maximum atomic E-state index is 13.2. The monoisotopic (exact) mass is 433 g/mol. The molecule has 0 aliphatic carbocycles. The van der Waals surface area contributed by atoms with E-state index < -0.39 is 5.69 Å². The van der Waals surface area contributed by atoms with E-state index in [9.17, 15) is 14.4 Å². The lowest BCUT2D eigenvalue weighted by Gasteiger charge is -2.13. The summed E-state index contributed by atoms with van der Waals surface area (Å²) >= 11 is 1.28. The molecule has 2 aromatic carbocycles. The van der Waals surface area contributed by atoms with Gasteiger partial charge in [-0.3, -0.25) is 18.7 Å². The van der Waals surface area contributed by atoms with Crippen molar-refractivity contribution in [3.8, 4) is 0 Å². The molecule has 0 saturated carbocycles. The molecule has 7 heteroatoms. The molecule has 0 unspecified atom stereocenters. The summed E-state index contributed by atoms with van der Waals surface area (Å²) in [5, 5.41) is 4.63. The molecule has 0 radical (unpaired) electrons. The standard InChI is InChI=1S/C24H23N3O3S/c1-16-12-17(2)14-19(13-16)25-21(28)15-27-20-9-11-31-22(20)23(29)26(24(27)30)10-8-18-6-4-3-5-7-18/h3-7,9,11-14H,8,10,15H2,1-2H3,(H,25,28). The maximum Gasteiger partial charge on any atom is 0.332 e. The minimum atomic E-state index is -0.470. The largest absolute Gasteiger partial charge is 0.332 e. The summed E-state index contributed by atoms with van der Waals surface area (Å²) in [6, 6.07) is 17.2. The van der Waals surface area contributed by atoms with E-state index in [0.29, 0.717) is 22.3 Å². The average molecular weight is 434 g/mol. The SMILES string of the molecule is Cc1cc(C)cc(NC(=O)Cn2c(=O)n(CCc3ccccc3)c(=O)c3sccc32)c1. The van der Waals surface area contributed by atoms with Crippen LogP contribution in [-0.2, 0) is 24.3 Å². The first-order valence-electron chi connectivity index (χ1n) is 10.1. The summed E-state index contributed by atoms with van der Waals surface area (Å²) in [4.78, 5) is 38.8. The fourth-order valence-corrected chi connectivity index (χ4v) is 4.60. The van der Waals surface area contributed by atoms with Gasteiger partial charge in [0.1, 0.15) is 11.2 Å². The van der Waals surface area contributed by atoms with Crippen molar-refractivity contribution in [2.45, 2.75) is 33.4 Å². The molecule has 31 heavy (non-hydrogen) atoms. The van der Waals surface area contributed by atoms with E-state index in [1.165, 1.54) is 20.5 Å². The van der Waals surface area contributed by atoms with Crippen molar-refractivity contribution in [2.75, 3.05) is 5.32 Å². The third-order valence-corrected chi connectivity index (χ3v) is 6.00. The highest BCUT2D eigenvalue weighted by atomic mass is 32.1. The van der Waals surface area contributed by atoms with Crippen LogP contribution in [0.5, 0.6) is 0 Å². The quantitative estimate of drug-likeness (QED) is 0.504. The normalized spacial score (nSPS) is 11.0. The molecule has 2 aromatic heterocycles. The Labute approximate surface area is 183 Å². The zero-order valence-corrected chi connectivity index (χ0v) is 18.2. The number of hydrogen-bond acceptors (Lipinski definition) is 4. The number of anilines is 1. The number of amides is 1. The predicted molar refractivity (Wildman–Crippen MR) is 125 cm³/mol. The van der Waals surface area contributed by atoms with Crippen LogP contribution in [0.3, 0.4) is 0 Å². The zero-order valence-electron chi connectivity index (χ0n) is 17.4. The van der Waals surface area contributed by atoms with Crippen molar-refractivity contribution >= 4 is 33.1 Å². The minimum absolute atomic E-state index is 0.162. The van der Waals surface area contributed by atoms with Crippen LogP contribution in [0.2, 0.25) is 0 Å². The van der Waals surface area contributed by atoms with Crippen LogP contribution >= 0.6 is 11.3 Å². The third-order valence-electron chi connectivity index (χ3n) is 5.11. The van der Waals surface area contributed by atoms with Gasteiger partial charge in [-0.05, 0) is 60.5 Å². The van der Waals surface area contributed by atoms with Crippen LogP contribution in [0.4, 0.5) is 5.69 Å². The van der Waals surface area contributed by atoms with E-state index in [1.807, 2.05) is 62.4 Å². The van der Waals surface area contributed by atoms with Crippen molar-refractivity contribution < 1.29 is 4.79 Å². The number of nitrogens with one attached hydrogen (secondary N) is 1. The van der Waals surface area contributed by atoms with Crippen molar-refractivity contribution in [2.24, 2.45) is 0 Å². The Kier molecular flexibility index (Phi) is 5.86. The lowest BCUT2D eigenvalue weighted by atomic mass is 10.1. The Morgan fingerprint density at radius 1 is 0.968 bits per heavy atom. The number of carbonyl (C=O) groups excluding carboxylic acids is 1. The Morgan fingerprint density at radius 3 is 2.39 bits per heavy atom. The lowest BCUT2D eigenvalue weighted by molar-refractivity contribution is -0.116.